The quantitative estimate of drug-likeness (QED) is 0.810. The van der Waals surface area contributed by atoms with E-state index in [0.717, 1.165) is 30.9 Å². The Morgan fingerprint density at radius 1 is 1.62 bits per heavy atom. The maximum absolute atomic E-state index is 11.6. The average Bonchev–Trinajstić information content (AvgIpc) is 2.61. The lowest BCUT2D eigenvalue weighted by atomic mass is 10.1. The van der Waals surface area contributed by atoms with Crippen LogP contribution in [0.15, 0.2) is 6.20 Å². The number of likely N-dealkylation sites (N-methyl/N-ethyl adjacent to an activating group) is 1. The van der Waals surface area contributed by atoms with E-state index in [-0.39, 0.29) is 11.9 Å². The zero-order valence-electron chi connectivity index (χ0n) is 9.81. The molecule has 1 fully saturated rings. The van der Waals surface area contributed by atoms with Gasteiger partial charge in [-0.05, 0) is 20.3 Å². The molecule has 5 heteroatoms. The predicted octanol–water partition coefficient (Wildman–Crippen LogP) is 0.957. The fraction of sp³-hybridized carbons (Fsp3) is 0.636. The number of nitrogen functional groups attached to an aromatic ring is 1. The van der Waals surface area contributed by atoms with Gasteiger partial charge in [-0.2, -0.15) is 5.10 Å². The van der Waals surface area contributed by atoms with E-state index in [0.29, 0.717) is 6.42 Å². The summed E-state index contributed by atoms with van der Waals surface area (Å²) in [6.45, 7) is 5.49. The van der Waals surface area contributed by atoms with E-state index in [1.54, 1.807) is 6.20 Å². The van der Waals surface area contributed by atoms with Crippen LogP contribution in [0.2, 0.25) is 0 Å². The van der Waals surface area contributed by atoms with E-state index >= 15 is 0 Å². The van der Waals surface area contributed by atoms with Crippen molar-refractivity contribution in [2.24, 2.45) is 0 Å². The minimum Gasteiger partial charge on any atom is -0.396 e. The Morgan fingerprint density at radius 3 is 2.94 bits per heavy atom. The van der Waals surface area contributed by atoms with Gasteiger partial charge in [-0.3, -0.25) is 9.48 Å². The molecule has 0 bridgehead atoms. The molecule has 0 spiro atoms. The van der Waals surface area contributed by atoms with Gasteiger partial charge in [-0.1, -0.05) is 0 Å². The highest BCUT2D eigenvalue weighted by Gasteiger charge is 2.26. The molecule has 0 aromatic carbocycles. The second kappa shape index (κ2) is 4.15. The number of carbonyl (C=O) groups excluding carboxylic acids is 1. The summed E-state index contributed by atoms with van der Waals surface area (Å²) in [5, 5.41) is 4.29. The Balaban J connectivity index is 2.17. The van der Waals surface area contributed by atoms with Gasteiger partial charge >= 0.3 is 0 Å². The van der Waals surface area contributed by atoms with E-state index in [1.165, 1.54) is 0 Å². The van der Waals surface area contributed by atoms with Crippen molar-refractivity contribution >= 4 is 11.6 Å². The van der Waals surface area contributed by atoms with Crippen molar-refractivity contribution in [2.45, 2.75) is 32.7 Å². The number of nitrogens with zero attached hydrogens (tertiary/aromatic N) is 3. The Bertz CT molecular complexity index is 399. The molecule has 1 aliphatic heterocycles. The van der Waals surface area contributed by atoms with E-state index in [4.69, 9.17) is 5.73 Å². The molecule has 2 rings (SSSR count). The normalized spacial score (nSPS) is 21.5. The molecule has 0 radical (unpaired) electrons. The third-order valence-corrected chi connectivity index (χ3v) is 3.29. The zero-order valence-corrected chi connectivity index (χ0v) is 9.81. The number of piperidine rings is 1. The number of hydrogen-bond donors (Lipinski definition) is 1. The number of hydrogen-bond acceptors (Lipinski definition) is 3. The van der Waals surface area contributed by atoms with Crippen LogP contribution in [0.4, 0.5) is 5.69 Å². The highest BCUT2D eigenvalue weighted by molar-refractivity contribution is 5.77. The molecule has 2 N–H and O–H groups in total. The van der Waals surface area contributed by atoms with E-state index < -0.39 is 0 Å². The average molecular weight is 222 g/mol. The molecular weight excluding hydrogens is 204 g/mol. The number of anilines is 1. The van der Waals surface area contributed by atoms with Crippen molar-refractivity contribution in [3.8, 4) is 0 Å². The van der Waals surface area contributed by atoms with Gasteiger partial charge in [0.05, 0.1) is 23.6 Å². The SMILES string of the molecule is CCN1CC(n2ncc(N)c2C)CCC1=O. The molecule has 1 unspecified atom stereocenters. The van der Waals surface area contributed by atoms with Crippen molar-refractivity contribution in [2.75, 3.05) is 18.8 Å². The Labute approximate surface area is 95.2 Å². The maximum Gasteiger partial charge on any atom is 0.222 e. The first-order valence-electron chi connectivity index (χ1n) is 5.70. The molecule has 0 aliphatic carbocycles. The number of rotatable bonds is 2. The molecule has 1 aliphatic rings. The first-order chi connectivity index (χ1) is 7.63. The highest BCUT2D eigenvalue weighted by atomic mass is 16.2. The third-order valence-electron chi connectivity index (χ3n) is 3.29. The van der Waals surface area contributed by atoms with Crippen LogP contribution in [0.3, 0.4) is 0 Å². The smallest absolute Gasteiger partial charge is 0.222 e. The van der Waals surface area contributed by atoms with E-state index in [1.807, 2.05) is 23.4 Å². The van der Waals surface area contributed by atoms with Crippen molar-refractivity contribution in [3.63, 3.8) is 0 Å². The van der Waals surface area contributed by atoms with Crippen LogP contribution in [-0.2, 0) is 4.79 Å². The van der Waals surface area contributed by atoms with Gasteiger partial charge in [0.2, 0.25) is 5.91 Å². The second-order valence-corrected chi connectivity index (χ2v) is 4.25. The summed E-state index contributed by atoms with van der Waals surface area (Å²) in [4.78, 5) is 13.4. The van der Waals surface area contributed by atoms with Crippen molar-refractivity contribution < 1.29 is 4.79 Å². The van der Waals surface area contributed by atoms with Gasteiger partial charge in [0, 0.05) is 19.5 Å². The van der Waals surface area contributed by atoms with Gasteiger partial charge in [-0.15, -0.1) is 0 Å². The molecule has 1 amide bonds. The van der Waals surface area contributed by atoms with Crippen LogP contribution in [0.5, 0.6) is 0 Å². The maximum atomic E-state index is 11.6. The van der Waals surface area contributed by atoms with Crippen LogP contribution in [-0.4, -0.2) is 33.7 Å². The first kappa shape index (κ1) is 11.0. The number of likely N-dealkylation sites (tertiary alicyclic amines) is 1. The predicted molar refractivity (Wildman–Crippen MR) is 61.9 cm³/mol. The molecule has 0 saturated carbocycles. The lowest BCUT2D eigenvalue weighted by molar-refractivity contribution is -0.134. The molecule has 88 valence electrons. The Morgan fingerprint density at radius 2 is 2.38 bits per heavy atom. The largest absolute Gasteiger partial charge is 0.396 e. The number of amides is 1. The third kappa shape index (κ3) is 1.77. The van der Waals surface area contributed by atoms with Gasteiger partial charge in [0.25, 0.3) is 0 Å². The number of aromatic nitrogens is 2. The first-order valence-corrected chi connectivity index (χ1v) is 5.70. The van der Waals surface area contributed by atoms with Crippen molar-refractivity contribution in [1.29, 1.82) is 0 Å². The van der Waals surface area contributed by atoms with Crippen LogP contribution >= 0.6 is 0 Å². The highest BCUT2D eigenvalue weighted by Crippen LogP contribution is 2.24. The summed E-state index contributed by atoms with van der Waals surface area (Å²) < 4.78 is 1.95. The minimum absolute atomic E-state index is 0.247. The summed E-state index contributed by atoms with van der Waals surface area (Å²) in [5.74, 6) is 0.247. The minimum atomic E-state index is 0.247. The molecular formula is C11H18N4O. The second-order valence-electron chi connectivity index (χ2n) is 4.25. The molecule has 1 saturated heterocycles. The summed E-state index contributed by atoms with van der Waals surface area (Å²) >= 11 is 0. The lowest BCUT2D eigenvalue weighted by Gasteiger charge is -2.32. The van der Waals surface area contributed by atoms with E-state index in [9.17, 15) is 4.79 Å². The topological polar surface area (TPSA) is 64.2 Å². The molecule has 1 atom stereocenters. The fourth-order valence-electron chi connectivity index (χ4n) is 2.21. The lowest BCUT2D eigenvalue weighted by Crippen LogP contribution is -2.41. The monoisotopic (exact) mass is 222 g/mol. The zero-order chi connectivity index (χ0) is 11.7. The summed E-state index contributed by atoms with van der Waals surface area (Å²) in [7, 11) is 0. The Hall–Kier alpha value is -1.52. The molecule has 1 aromatic heterocycles. The van der Waals surface area contributed by atoms with Gasteiger partial charge in [-0.25, -0.2) is 0 Å². The van der Waals surface area contributed by atoms with Gasteiger partial charge < -0.3 is 10.6 Å². The van der Waals surface area contributed by atoms with Gasteiger partial charge in [0.15, 0.2) is 0 Å². The summed E-state index contributed by atoms with van der Waals surface area (Å²) in [6, 6.07) is 0.273. The fourth-order valence-corrected chi connectivity index (χ4v) is 2.21. The van der Waals surface area contributed by atoms with E-state index in [2.05, 4.69) is 5.10 Å². The Kier molecular flexibility index (Phi) is 2.85. The van der Waals surface area contributed by atoms with Crippen molar-refractivity contribution in [3.05, 3.63) is 11.9 Å². The summed E-state index contributed by atoms with van der Waals surface area (Å²) in [6.07, 6.45) is 3.15. The molecule has 5 nitrogen and oxygen atoms in total. The van der Waals surface area contributed by atoms with Crippen LogP contribution in [0.25, 0.3) is 0 Å². The number of nitrogens with two attached hydrogens (primary N) is 1. The molecule has 2 heterocycles. The van der Waals surface area contributed by atoms with Crippen LogP contribution in [0, 0.1) is 6.92 Å². The molecule has 1 aromatic rings. The molecule has 16 heavy (non-hydrogen) atoms. The number of carbonyl (C=O) groups is 1. The van der Waals surface area contributed by atoms with Crippen molar-refractivity contribution in [1.82, 2.24) is 14.7 Å². The summed E-state index contributed by atoms with van der Waals surface area (Å²) in [5.41, 5.74) is 7.50. The standard InChI is InChI=1S/C11H18N4O/c1-3-14-7-9(4-5-11(14)16)15-8(2)10(12)6-13-15/h6,9H,3-5,7,12H2,1-2H3. The van der Waals surface area contributed by atoms with Crippen LogP contribution in [0.1, 0.15) is 31.5 Å². The van der Waals surface area contributed by atoms with Crippen LogP contribution < -0.4 is 5.73 Å². The van der Waals surface area contributed by atoms with Gasteiger partial charge in [0.1, 0.15) is 0 Å².